The normalized spacial score (nSPS) is 10.4. The van der Waals surface area contributed by atoms with Crippen LogP contribution in [0.5, 0.6) is 0 Å². The first-order valence-corrected chi connectivity index (χ1v) is 7.62. The number of anilines is 2. The van der Waals surface area contributed by atoms with Gasteiger partial charge >= 0.3 is 0 Å². The van der Waals surface area contributed by atoms with Crippen molar-refractivity contribution in [1.82, 2.24) is 9.97 Å². The quantitative estimate of drug-likeness (QED) is 0.815. The summed E-state index contributed by atoms with van der Waals surface area (Å²) in [6.07, 6.45) is 3.56. The minimum Gasteiger partial charge on any atom is -0.370 e. The molecule has 0 aliphatic carbocycles. The molecule has 0 bridgehead atoms. The second kappa shape index (κ2) is 7.09. The summed E-state index contributed by atoms with van der Waals surface area (Å²) in [5.74, 6) is 1.89. The van der Waals surface area contributed by atoms with Gasteiger partial charge in [0.15, 0.2) is 0 Å². The van der Waals surface area contributed by atoms with Gasteiger partial charge in [-0.15, -0.1) is 0 Å². The number of rotatable bonds is 7. The molecule has 0 unspecified atom stereocenters. The molecule has 2 rings (SSSR count). The first-order valence-electron chi connectivity index (χ1n) is 6.67. The molecule has 0 spiro atoms. The van der Waals surface area contributed by atoms with Crippen molar-refractivity contribution >= 4 is 23.0 Å². The van der Waals surface area contributed by atoms with Crippen LogP contribution in [-0.2, 0) is 12.8 Å². The average molecular weight is 276 g/mol. The van der Waals surface area contributed by atoms with Gasteiger partial charge in [-0.25, -0.2) is 9.97 Å². The monoisotopic (exact) mass is 276 g/mol. The highest BCUT2D eigenvalue weighted by Crippen LogP contribution is 2.20. The summed E-state index contributed by atoms with van der Waals surface area (Å²) in [7, 11) is 0. The highest BCUT2D eigenvalue weighted by atomic mass is 32.1. The van der Waals surface area contributed by atoms with E-state index in [4.69, 9.17) is 0 Å². The van der Waals surface area contributed by atoms with Gasteiger partial charge in [0.1, 0.15) is 18.0 Å². The van der Waals surface area contributed by atoms with Crippen molar-refractivity contribution in [2.24, 2.45) is 0 Å². The fourth-order valence-electron chi connectivity index (χ4n) is 1.98. The minimum atomic E-state index is 0.873. The van der Waals surface area contributed by atoms with Gasteiger partial charge in [0.05, 0.1) is 0 Å². The Morgan fingerprint density at radius 1 is 1.16 bits per heavy atom. The average Bonchev–Trinajstić information content (AvgIpc) is 2.93. The zero-order valence-electron chi connectivity index (χ0n) is 11.4. The lowest BCUT2D eigenvalue weighted by Gasteiger charge is -2.13. The molecule has 0 saturated carbocycles. The second-order valence-corrected chi connectivity index (χ2v) is 5.02. The highest BCUT2D eigenvalue weighted by molar-refractivity contribution is 7.07. The van der Waals surface area contributed by atoms with Crippen LogP contribution >= 0.6 is 11.3 Å². The molecule has 0 radical (unpaired) electrons. The van der Waals surface area contributed by atoms with E-state index in [9.17, 15) is 0 Å². The lowest BCUT2D eigenvalue weighted by molar-refractivity contribution is 0.972. The van der Waals surface area contributed by atoms with E-state index in [1.165, 1.54) is 5.56 Å². The van der Waals surface area contributed by atoms with Gasteiger partial charge in [0.25, 0.3) is 0 Å². The molecule has 19 heavy (non-hydrogen) atoms. The fraction of sp³-hybridized carbons (Fsp3) is 0.429. The summed E-state index contributed by atoms with van der Waals surface area (Å²) in [5.41, 5.74) is 2.53. The van der Waals surface area contributed by atoms with Crippen molar-refractivity contribution < 1.29 is 0 Å². The molecule has 0 aliphatic heterocycles. The van der Waals surface area contributed by atoms with Crippen LogP contribution in [0, 0.1) is 0 Å². The van der Waals surface area contributed by atoms with E-state index in [1.807, 2.05) is 0 Å². The van der Waals surface area contributed by atoms with Gasteiger partial charge in [-0.05, 0) is 42.2 Å². The van der Waals surface area contributed by atoms with Gasteiger partial charge in [0, 0.05) is 18.7 Å². The summed E-state index contributed by atoms with van der Waals surface area (Å²) in [4.78, 5) is 8.65. The standard InChI is InChI=1S/C14H20N4S/c1-3-12-13(15-4-2)17-10-18-14(12)16-7-5-11-6-8-19-9-11/h6,8-10H,3-5,7H2,1-2H3,(H2,15,16,17,18). The van der Waals surface area contributed by atoms with Crippen molar-refractivity contribution in [3.8, 4) is 0 Å². The van der Waals surface area contributed by atoms with E-state index in [2.05, 4.69) is 51.3 Å². The van der Waals surface area contributed by atoms with Gasteiger partial charge in [-0.1, -0.05) is 6.92 Å². The van der Waals surface area contributed by atoms with Crippen LogP contribution in [0.25, 0.3) is 0 Å². The molecule has 2 aromatic rings. The fourth-order valence-corrected chi connectivity index (χ4v) is 2.68. The van der Waals surface area contributed by atoms with Crippen LogP contribution in [0.2, 0.25) is 0 Å². The number of nitrogens with one attached hydrogen (secondary N) is 2. The molecule has 0 aliphatic rings. The van der Waals surface area contributed by atoms with Crippen molar-refractivity contribution in [2.75, 3.05) is 23.7 Å². The van der Waals surface area contributed by atoms with Gasteiger partial charge in [-0.3, -0.25) is 0 Å². The van der Waals surface area contributed by atoms with Crippen LogP contribution in [0.1, 0.15) is 25.0 Å². The summed E-state index contributed by atoms with van der Waals surface area (Å²) in [5, 5.41) is 11.0. The Kier molecular flexibility index (Phi) is 5.15. The van der Waals surface area contributed by atoms with Gasteiger partial charge in [-0.2, -0.15) is 11.3 Å². The van der Waals surface area contributed by atoms with Gasteiger partial charge in [0.2, 0.25) is 0 Å². The van der Waals surface area contributed by atoms with Gasteiger partial charge < -0.3 is 10.6 Å². The molecule has 0 fully saturated rings. The van der Waals surface area contributed by atoms with Crippen LogP contribution < -0.4 is 10.6 Å². The lowest BCUT2D eigenvalue weighted by Crippen LogP contribution is -2.11. The smallest absolute Gasteiger partial charge is 0.134 e. The number of nitrogens with zero attached hydrogens (tertiary/aromatic N) is 2. The Morgan fingerprint density at radius 2 is 1.95 bits per heavy atom. The molecule has 0 atom stereocenters. The van der Waals surface area contributed by atoms with E-state index in [1.54, 1.807) is 17.7 Å². The SMILES string of the molecule is CCNc1ncnc(NCCc2ccsc2)c1CC. The van der Waals surface area contributed by atoms with E-state index in [-0.39, 0.29) is 0 Å². The van der Waals surface area contributed by atoms with Crippen LogP contribution in [-0.4, -0.2) is 23.1 Å². The molecule has 2 heterocycles. The number of hydrogen-bond acceptors (Lipinski definition) is 5. The Labute approximate surface area is 118 Å². The van der Waals surface area contributed by atoms with E-state index < -0.39 is 0 Å². The third-order valence-electron chi connectivity index (χ3n) is 2.93. The van der Waals surface area contributed by atoms with Crippen molar-refractivity contribution in [1.29, 1.82) is 0 Å². The molecule has 2 aromatic heterocycles. The van der Waals surface area contributed by atoms with Crippen LogP contribution in [0.3, 0.4) is 0 Å². The Morgan fingerprint density at radius 3 is 2.58 bits per heavy atom. The summed E-state index contributed by atoms with van der Waals surface area (Å²) in [6.45, 7) is 5.97. The molecule has 102 valence electrons. The van der Waals surface area contributed by atoms with Crippen molar-refractivity contribution in [3.63, 3.8) is 0 Å². The Balaban J connectivity index is 2.00. The zero-order valence-corrected chi connectivity index (χ0v) is 12.3. The van der Waals surface area contributed by atoms with E-state index in [0.29, 0.717) is 0 Å². The van der Waals surface area contributed by atoms with Crippen LogP contribution in [0.15, 0.2) is 23.2 Å². The molecule has 5 heteroatoms. The topological polar surface area (TPSA) is 49.8 Å². The predicted molar refractivity (Wildman–Crippen MR) is 82.1 cm³/mol. The summed E-state index contributed by atoms with van der Waals surface area (Å²) >= 11 is 1.74. The highest BCUT2D eigenvalue weighted by Gasteiger charge is 2.08. The first-order chi connectivity index (χ1) is 9.35. The van der Waals surface area contributed by atoms with E-state index in [0.717, 1.165) is 43.1 Å². The molecule has 0 aromatic carbocycles. The Hall–Kier alpha value is -1.62. The number of hydrogen-bond donors (Lipinski definition) is 2. The molecular weight excluding hydrogens is 256 g/mol. The molecule has 2 N–H and O–H groups in total. The predicted octanol–water partition coefficient (Wildman–Crippen LogP) is 3.19. The molecule has 4 nitrogen and oxygen atoms in total. The van der Waals surface area contributed by atoms with Crippen LogP contribution in [0.4, 0.5) is 11.6 Å². The summed E-state index contributed by atoms with van der Waals surface area (Å²) < 4.78 is 0. The third-order valence-corrected chi connectivity index (χ3v) is 3.66. The largest absolute Gasteiger partial charge is 0.370 e. The number of thiophene rings is 1. The second-order valence-electron chi connectivity index (χ2n) is 4.24. The van der Waals surface area contributed by atoms with Crippen molar-refractivity contribution in [2.45, 2.75) is 26.7 Å². The maximum atomic E-state index is 4.35. The third kappa shape index (κ3) is 3.67. The van der Waals surface area contributed by atoms with E-state index >= 15 is 0 Å². The molecule has 0 amide bonds. The summed E-state index contributed by atoms with van der Waals surface area (Å²) in [6, 6.07) is 2.16. The molecular formula is C14H20N4S. The maximum absolute atomic E-state index is 4.35. The van der Waals surface area contributed by atoms with Crippen molar-refractivity contribution in [3.05, 3.63) is 34.3 Å². The maximum Gasteiger partial charge on any atom is 0.134 e. The minimum absolute atomic E-state index is 0.873. The zero-order chi connectivity index (χ0) is 13.5. The number of aromatic nitrogens is 2. The first kappa shape index (κ1) is 13.8. The lowest BCUT2D eigenvalue weighted by atomic mass is 10.2. The molecule has 0 saturated heterocycles. The Bertz CT molecular complexity index is 496.